The molecule has 34 aromatic rings. The smallest absolute Gasteiger partial charge is 0.145 e. The number of furan rings is 6. The molecule has 0 saturated carbocycles. The Bertz CT molecular complexity index is 11500. The van der Waals surface area contributed by atoms with E-state index in [4.69, 9.17) is 26.5 Å². The highest BCUT2D eigenvalue weighted by atomic mass is 16.3. The number of hydrogen-bond acceptors (Lipinski definition) is 6. The van der Waals surface area contributed by atoms with Crippen LogP contribution in [0.5, 0.6) is 0 Å². The van der Waals surface area contributed by atoms with Crippen LogP contribution in [-0.4, -0.2) is 27.4 Å². The molecule has 144 heavy (non-hydrogen) atoms. The molecule has 12 heterocycles. The van der Waals surface area contributed by atoms with Crippen molar-refractivity contribution in [1.29, 1.82) is 0 Å². The Morgan fingerprint density at radius 2 is 0.354 bits per heavy atom. The van der Waals surface area contributed by atoms with Gasteiger partial charge in [0.1, 0.15) is 67.0 Å². The summed E-state index contributed by atoms with van der Waals surface area (Å²) >= 11 is 0. The molecule has 12 aromatic heterocycles. The van der Waals surface area contributed by atoms with Crippen molar-refractivity contribution in [3.63, 3.8) is 0 Å². The lowest BCUT2D eigenvalue weighted by Crippen LogP contribution is -1.98. The maximum absolute atomic E-state index is 6.54. The van der Waals surface area contributed by atoms with Gasteiger partial charge in [-0.25, -0.2) is 0 Å². The van der Waals surface area contributed by atoms with Crippen LogP contribution in [-0.2, 0) is 0 Å². The number of benzene rings is 22. The molecule has 12 heteroatoms. The van der Waals surface area contributed by atoms with E-state index in [1.807, 2.05) is 60.7 Å². The van der Waals surface area contributed by atoms with Gasteiger partial charge in [-0.15, -0.1) is 0 Å². The van der Waals surface area contributed by atoms with E-state index < -0.39 is 0 Å². The van der Waals surface area contributed by atoms with Crippen molar-refractivity contribution >= 4 is 262 Å². The van der Waals surface area contributed by atoms with E-state index >= 15 is 0 Å². The molecule has 670 valence electrons. The van der Waals surface area contributed by atoms with Gasteiger partial charge in [0.05, 0.1) is 77.0 Å². The Hall–Kier alpha value is -19.6. The first kappa shape index (κ1) is 78.5. The average molecular weight is 1840 g/mol. The lowest BCUT2D eigenvalue weighted by atomic mass is 10.0. The molecular formula is C132H76N6O6. The van der Waals surface area contributed by atoms with E-state index in [-0.39, 0.29) is 0 Å². The highest BCUT2D eigenvalue weighted by Crippen LogP contribution is 2.50. The van der Waals surface area contributed by atoms with Gasteiger partial charge in [0.15, 0.2) is 0 Å². The first-order valence-electron chi connectivity index (χ1n) is 48.9. The third-order valence-corrected chi connectivity index (χ3v) is 30.3. The van der Waals surface area contributed by atoms with Crippen LogP contribution in [0.1, 0.15) is 0 Å². The fourth-order valence-corrected chi connectivity index (χ4v) is 24.1. The van der Waals surface area contributed by atoms with E-state index in [2.05, 4.69) is 428 Å². The van der Waals surface area contributed by atoms with E-state index in [9.17, 15) is 0 Å². The van der Waals surface area contributed by atoms with Crippen LogP contribution in [0, 0.1) is 0 Å². The zero-order valence-corrected chi connectivity index (χ0v) is 77.0. The van der Waals surface area contributed by atoms with Crippen LogP contribution in [0.3, 0.4) is 0 Å². The van der Waals surface area contributed by atoms with Crippen LogP contribution in [0.4, 0.5) is 0 Å². The van der Waals surface area contributed by atoms with Crippen LogP contribution in [0.2, 0.25) is 0 Å². The molecule has 0 unspecified atom stereocenters. The van der Waals surface area contributed by atoms with Gasteiger partial charge in [-0.1, -0.05) is 249 Å². The first-order chi connectivity index (χ1) is 71.4. The Morgan fingerprint density at radius 3 is 0.722 bits per heavy atom. The van der Waals surface area contributed by atoms with Crippen molar-refractivity contribution in [2.24, 2.45) is 0 Å². The molecule has 0 fully saturated rings. The van der Waals surface area contributed by atoms with E-state index in [1.54, 1.807) is 0 Å². The standard InChI is InChI=1S/C48H28N2O2.2C42H24N2O2/c1-5-19-40-33(15-1)38-28-46-39(35-17-4-7-21-44(35)51-46)27-43(38)50(40)32-14-10-12-30(26-32)29-11-9-13-31(25-29)49-41-20-6-2-18-37(41)47-42(49)24-23-36-34-16-3-8-22-45(34)52-48(36)47;1-5-16-34-27(12-1)32-24-40-33(29-14-4-7-18-38(29)45-40)23-37(32)44(34)26-11-9-10-25(22-26)43-35-17-6-2-15-31(35)41-36(43)21-20-30-28-13-3-8-19-39(28)46-42(30)41;1-2-10-25(11-3-1)43-36-19-18-26(20-30(36)32-24-42-34(22-38(32)43)29-14-6-9-17-40(29)46-42)44-35-15-7-4-12-27(35)31-23-41-33(21-37(31)44)28-13-5-8-16-39(28)45-41/h1-28H;2*1-24H. The summed E-state index contributed by atoms with van der Waals surface area (Å²) in [4.78, 5) is 0. The first-order valence-corrected chi connectivity index (χ1v) is 48.9. The molecule has 12 nitrogen and oxygen atoms in total. The highest BCUT2D eigenvalue weighted by Gasteiger charge is 2.28. The molecule has 0 radical (unpaired) electrons. The van der Waals surface area contributed by atoms with Crippen molar-refractivity contribution in [2.45, 2.75) is 0 Å². The average Bonchev–Trinajstić information content (AvgIpc) is 1.57. The molecule has 0 aliphatic rings. The minimum absolute atomic E-state index is 0.900. The lowest BCUT2D eigenvalue weighted by molar-refractivity contribution is 0.669. The SMILES string of the molecule is c1cc(-c2cccc(-n3c4ccccc4c4c5oc6ccccc6c5ccc43)c2)cc(-n2c3ccccc3c3cc4oc5ccccc5c4cc32)c1.c1cc(-n2c3ccccc3c3cc4oc5ccccc5c4cc32)cc(-n2c3ccccc3c3c4oc5ccccc5c4ccc32)c1.c1ccc(-n2c3ccc(-n4c5ccccc5c5cc6oc7ccccc7c6cc54)cc3c3cc4oc5ccccc5c4cc32)cc1. The molecule has 0 amide bonds. The normalized spacial score (nSPS) is 12.3. The second-order valence-electron chi connectivity index (χ2n) is 38.0. The zero-order valence-electron chi connectivity index (χ0n) is 77.0. The van der Waals surface area contributed by atoms with Crippen molar-refractivity contribution in [1.82, 2.24) is 27.4 Å². The summed E-state index contributed by atoms with van der Waals surface area (Å²) in [5.41, 5.74) is 33.8. The molecule has 0 aliphatic carbocycles. The lowest BCUT2D eigenvalue weighted by Gasteiger charge is -2.13. The van der Waals surface area contributed by atoms with Crippen molar-refractivity contribution in [3.05, 3.63) is 461 Å². The molecule has 0 saturated heterocycles. The van der Waals surface area contributed by atoms with Crippen LogP contribution in [0.25, 0.3) is 308 Å². The summed E-state index contributed by atoms with van der Waals surface area (Å²) < 4.78 is 52.7. The Kier molecular flexibility index (Phi) is 16.3. The van der Waals surface area contributed by atoms with E-state index in [0.29, 0.717) is 0 Å². The zero-order chi connectivity index (χ0) is 93.8. The fourth-order valence-electron chi connectivity index (χ4n) is 24.1. The molecule has 0 spiro atoms. The van der Waals surface area contributed by atoms with E-state index in [1.165, 1.54) is 59.5 Å². The third-order valence-electron chi connectivity index (χ3n) is 30.3. The molecule has 22 aromatic carbocycles. The molecule has 0 N–H and O–H groups in total. The summed E-state index contributed by atoms with van der Waals surface area (Å²) in [5, 5.41) is 27.7. The van der Waals surface area contributed by atoms with Crippen molar-refractivity contribution in [3.8, 4) is 45.3 Å². The Balaban J connectivity index is 0.0000000969. The number of hydrogen-bond donors (Lipinski definition) is 0. The number of rotatable bonds is 7. The number of nitrogens with zero attached hydrogens (tertiary/aromatic N) is 6. The summed E-state index contributed by atoms with van der Waals surface area (Å²) in [5.74, 6) is 0. The van der Waals surface area contributed by atoms with Gasteiger partial charge in [-0.3, -0.25) is 0 Å². The van der Waals surface area contributed by atoms with Crippen molar-refractivity contribution in [2.75, 3.05) is 0 Å². The fraction of sp³-hybridized carbons (Fsp3) is 0. The van der Waals surface area contributed by atoms with Crippen molar-refractivity contribution < 1.29 is 26.5 Å². The number of fused-ring (bicyclic) bond motifs is 38. The van der Waals surface area contributed by atoms with Gasteiger partial charge >= 0.3 is 0 Å². The second-order valence-corrected chi connectivity index (χ2v) is 38.0. The van der Waals surface area contributed by atoms with Gasteiger partial charge in [-0.05, 0) is 223 Å². The quantitative estimate of drug-likeness (QED) is 0.157. The van der Waals surface area contributed by atoms with Gasteiger partial charge in [0.2, 0.25) is 0 Å². The van der Waals surface area contributed by atoms with Gasteiger partial charge in [0.25, 0.3) is 0 Å². The second kappa shape index (κ2) is 30.0. The minimum atomic E-state index is 0.900. The topological polar surface area (TPSA) is 108 Å². The molecular weight excluding hydrogens is 1770 g/mol. The maximum atomic E-state index is 6.54. The Morgan fingerprint density at radius 1 is 0.111 bits per heavy atom. The molecule has 0 aliphatic heterocycles. The van der Waals surface area contributed by atoms with E-state index in [0.717, 1.165) is 248 Å². The predicted octanol–water partition coefficient (Wildman–Crippen LogP) is 36.7. The summed E-state index contributed by atoms with van der Waals surface area (Å²) in [7, 11) is 0. The molecule has 34 rings (SSSR count). The van der Waals surface area contributed by atoms with Gasteiger partial charge in [-0.2, -0.15) is 0 Å². The van der Waals surface area contributed by atoms with Gasteiger partial charge in [0, 0.05) is 153 Å². The molecule has 0 atom stereocenters. The predicted molar refractivity (Wildman–Crippen MR) is 594 cm³/mol. The summed E-state index contributed by atoms with van der Waals surface area (Å²) in [6.07, 6.45) is 0. The number of para-hydroxylation sites is 12. The minimum Gasteiger partial charge on any atom is -0.456 e. The molecule has 0 bridgehead atoms. The number of aromatic nitrogens is 6. The van der Waals surface area contributed by atoms with Crippen LogP contribution in [0.15, 0.2) is 488 Å². The monoisotopic (exact) mass is 1840 g/mol. The van der Waals surface area contributed by atoms with Crippen LogP contribution >= 0.6 is 0 Å². The largest absolute Gasteiger partial charge is 0.456 e. The third kappa shape index (κ3) is 11.4. The summed E-state index contributed by atoms with van der Waals surface area (Å²) in [6, 6.07) is 164. The Labute approximate surface area is 817 Å². The summed E-state index contributed by atoms with van der Waals surface area (Å²) in [6.45, 7) is 0. The van der Waals surface area contributed by atoms with Crippen LogP contribution < -0.4 is 0 Å². The maximum Gasteiger partial charge on any atom is 0.145 e. The van der Waals surface area contributed by atoms with Gasteiger partial charge < -0.3 is 53.9 Å². The highest BCUT2D eigenvalue weighted by molar-refractivity contribution is 6.28.